The number of aromatic nitrogens is 2. The molecule has 1 heterocycles. The Balaban J connectivity index is 2.72. The van der Waals surface area contributed by atoms with Crippen LogP contribution in [0.25, 0.3) is 0 Å². The van der Waals surface area contributed by atoms with Crippen LogP contribution in [0.2, 0.25) is 0 Å². The molecule has 1 aromatic heterocycles. The van der Waals surface area contributed by atoms with Crippen molar-refractivity contribution in [3.63, 3.8) is 0 Å². The summed E-state index contributed by atoms with van der Waals surface area (Å²) in [5.41, 5.74) is 0. The lowest BCUT2D eigenvalue weighted by Crippen LogP contribution is -2.33. The van der Waals surface area contributed by atoms with Crippen molar-refractivity contribution in [2.75, 3.05) is 0 Å². The Hall–Kier alpha value is -1.00. The van der Waals surface area contributed by atoms with Crippen molar-refractivity contribution < 1.29 is 17.7 Å². The fourth-order valence-corrected chi connectivity index (χ4v) is 0.803. The maximum atomic E-state index is 11.8. The summed E-state index contributed by atoms with van der Waals surface area (Å²) in [7, 11) is 1.57. The molecule has 1 N–H and O–H groups in total. The molecule has 0 aliphatic heterocycles. The van der Waals surface area contributed by atoms with Gasteiger partial charge in [-0.2, -0.15) is 13.2 Å². The van der Waals surface area contributed by atoms with E-state index in [1.54, 1.807) is 13.2 Å². The molecule has 1 aromatic rings. The number of nitrogens with zero attached hydrogens (tertiary/aromatic N) is 1. The molecule has 0 unspecified atom stereocenters. The van der Waals surface area contributed by atoms with Gasteiger partial charge < -0.3 is 0 Å². The molecular formula is C6H8F3N2+. The number of nitrogens with one attached hydrogen (secondary N) is 1. The number of rotatable bonds is 1. The molecule has 0 aliphatic carbocycles. The molecule has 0 amide bonds. The summed E-state index contributed by atoms with van der Waals surface area (Å²) in [6, 6.07) is 0. The van der Waals surface area contributed by atoms with Crippen LogP contribution in [0, 0.1) is 0 Å². The molecule has 11 heavy (non-hydrogen) atoms. The molecule has 0 fully saturated rings. The van der Waals surface area contributed by atoms with Gasteiger partial charge in [-0.25, -0.2) is 9.55 Å². The van der Waals surface area contributed by atoms with E-state index in [1.807, 2.05) is 0 Å². The summed E-state index contributed by atoms with van der Waals surface area (Å²) >= 11 is 0. The fourth-order valence-electron chi connectivity index (χ4n) is 0.803. The van der Waals surface area contributed by atoms with E-state index in [0.717, 1.165) is 0 Å². The molecule has 0 saturated heterocycles. The van der Waals surface area contributed by atoms with Crippen LogP contribution < -0.4 is 4.57 Å². The van der Waals surface area contributed by atoms with Crippen LogP contribution in [-0.4, -0.2) is 11.2 Å². The van der Waals surface area contributed by atoms with E-state index in [-0.39, 0.29) is 5.82 Å². The van der Waals surface area contributed by atoms with Crippen LogP contribution in [0.3, 0.4) is 0 Å². The first kappa shape index (κ1) is 8.10. The molecule has 0 spiro atoms. The standard InChI is InChI=1S/C6H7F3N2/c1-11-3-2-10-5(11)4-6(7,8)9/h2-3H,4H2,1H3/p+1. The molecule has 5 heteroatoms. The van der Waals surface area contributed by atoms with Crippen molar-refractivity contribution in [3.05, 3.63) is 18.2 Å². The van der Waals surface area contributed by atoms with Crippen molar-refractivity contribution in [3.8, 4) is 0 Å². The van der Waals surface area contributed by atoms with Crippen LogP contribution in [0.1, 0.15) is 5.82 Å². The predicted octanol–water partition coefficient (Wildman–Crippen LogP) is 0.944. The number of imidazole rings is 1. The summed E-state index contributed by atoms with van der Waals surface area (Å²) in [6.07, 6.45) is -2.03. The summed E-state index contributed by atoms with van der Waals surface area (Å²) in [5, 5.41) is 0. The fraction of sp³-hybridized carbons (Fsp3) is 0.500. The summed E-state index contributed by atoms with van der Waals surface area (Å²) in [5.74, 6) is 0.164. The number of halogens is 3. The number of hydrogen-bond acceptors (Lipinski definition) is 0. The lowest BCUT2D eigenvalue weighted by molar-refractivity contribution is -0.679. The molecule has 1 rings (SSSR count). The van der Waals surface area contributed by atoms with E-state index < -0.39 is 12.6 Å². The Morgan fingerprint density at radius 1 is 1.55 bits per heavy atom. The zero-order valence-corrected chi connectivity index (χ0v) is 5.94. The van der Waals surface area contributed by atoms with Gasteiger partial charge in [0.2, 0.25) is 0 Å². The third-order valence-corrected chi connectivity index (χ3v) is 1.34. The largest absolute Gasteiger partial charge is 0.400 e. The lowest BCUT2D eigenvalue weighted by Gasteiger charge is -2.00. The Morgan fingerprint density at radius 3 is 2.55 bits per heavy atom. The van der Waals surface area contributed by atoms with Crippen LogP contribution in [0.5, 0.6) is 0 Å². The molecule has 2 nitrogen and oxygen atoms in total. The second-order valence-electron chi connectivity index (χ2n) is 2.31. The minimum atomic E-state index is -4.14. The number of aromatic amines is 1. The average molecular weight is 165 g/mol. The van der Waals surface area contributed by atoms with Crippen molar-refractivity contribution in [2.45, 2.75) is 12.6 Å². The number of alkyl halides is 3. The van der Waals surface area contributed by atoms with Gasteiger partial charge in [0.25, 0.3) is 5.82 Å². The van der Waals surface area contributed by atoms with Crippen LogP contribution in [0.4, 0.5) is 13.2 Å². The van der Waals surface area contributed by atoms with Gasteiger partial charge in [-0.05, 0) is 0 Å². The number of aryl methyl sites for hydroxylation is 1. The zero-order valence-electron chi connectivity index (χ0n) is 5.94. The topological polar surface area (TPSA) is 19.7 Å². The Kier molecular flexibility index (Phi) is 1.89. The molecule has 0 aliphatic rings. The smallest absolute Gasteiger partial charge is 0.247 e. The SMILES string of the molecule is C[n+]1cc[nH]c1CC(F)(F)F. The molecule has 0 aromatic carbocycles. The first-order chi connectivity index (χ1) is 4.99. The van der Waals surface area contributed by atoms with E-state index in [0.29, 0.717) is 0 Å². The molecule has 0 atom stereocenters. The monoisotopic (exact) mass is 165 g/mol. The number of hydrogen-bond donors (Lipinski definition) is 1. The Labute approximate surface area is 61.7 Å². The van der Waals surface area contributed by atoms with Gasteiger partial charge in [0.1, 0.15) is 18.8 Å². The average Bonchev–Trinajstić information content (AvgIpc) is 2.12. The van der Waals surface area contributed by atoms with Gasteiger partial charge in [-0.15, -0.1) is 0 Å². The maximum absolute atomic E-state index is 11.8. The molecule has 0 radical (unpaired) electrons. The van der Waals surface area contributed by atoms with Gasteiger partial charge >= 0.3 is 6.18 Å². The van der Waals surface area contributed by atoms with Gasteiger partial charge in [0.05, 0.1) is 7.05 Å². The second kappa shape index (κ2) is 2.56. The summed E-state index contributed by atoms with van der Waals surface area (Å²) < 4.78 is 36.7. The van der Waals surface area contributed by atoms with Gasteiger partial charge in [0, 0.05) is 0 Å². The maximum Gasteiger partial charge on any atom is 0.400 e. The first-order valence-corrected chi connectivity index (χ1v) is 3.08. The Bertz CT molecular complexity index is 238. The second-order valence-corrected chi connectivity index (χ2v) is 2.31. The van der Waals surface area contributed by atoms with Crippen molar-refractivity contribution in [2.24, 2.45) is 7.05 Å². The Morgan fingerprint density at radius 2 is 2.18 bits per heavy atom. The van der Waals surface area contributed by atoms with Gasteiger partial charge in [0.15, 0.2) is 0 Å². The third kappa shape index (κ3) is 2.25. The predicted molar refractivity (Wildman–Crippen MR) is 31.7 cm³/mol. The summed E-state index contributed by atoms with van der Waals surface area (Å²) in [6.45, 7) is 0. The van der Waals surface area contributed by atoms with E-state index in [9.17, 15) is 13.2 Å². The quantitative estimate of drug-likeness (QED) is 0.597. The van der Waals surface area contributed by atoms with Gasteiger partial charge in [-0.3, -0.25) is 0 Å². The van der Waals surface area contributed by atoms with Gasteiger partial charge in [-0.1, -0.05) is 0 Å². The van der Waals surface area contributed by atoms with Crippen molar-refractivity contribution >= 4 is 0 Å². The molecular weight excluding hydrogens is 157 g/mol. The first-order valence-electron chi connectivity index (χ1n) is 3.08. The highest BCUT2D eigenvalue weighted by molar-refractivity contribution is 4.80. The number of H-pyrrole nitrogens is 1. The molecule has 0 saturated carbocycles. The van der Waals surface area contributed by atoms with E-state index in [2.05, 4.69) is 4.98 Å². The zero-order chi connectivity index (χ0) is 8.48. The van der Waals surface area contributed by atoms with E-state index in [4.69, 9.17) is 0 Å². The highest BCUT2D eigenvalue weighted by atomic mass is 19.4. The minimum Gasteiger partial charge on any atom is -0.247 e. The van der Waals surface area contributed by atoms with Crippen LogP contribution >= 0.6 is 0 Å². The van der Waals surface area contributed by atoms with Crippen molar-refractivity contribution in [1.82, 2.24) is 4.98 Å². The van der Waals surface area contributed by atoms with Crippen LogP contribution in [-0.2, 0) is 13.5 Å². The molecule has 62 valence electrons. The normalized spacial score (nSPS) is 12.0. The van der Waals surface area contributed by atoms with Crippen molar-refractivity contribution in [1.29, 1.82) is 0 Å². The minimum absolute atomic E-state index is 0.164. The van der Waals surface area contributed by atoms with Crippen LogP contribution in [0.15, 0.2) is 12.4 Å². The third-order valence-electron chi connectivity index (χ3n) is 1.34. The molecule has 0 bridgehead atoms. The highest BCUT2D eigenvalue weighted by Gasteiger charge is 2.32. The highest BCUT2D eigenvalue weighted by Crippen LogP contribution is 2.18. The summed E-state index contributed by atoms with van der Waals surface area (Å²) in [4.78, 5) is 2.50. The van der Waals surface area contributed by atoms with E-state index >= 15 is 0 Å². The van der Waals surface area contributed by atoms with E-state index in [1.165, 1.54) is 10.8 Å². The lowest BCUT2D eigenvalue weighted by atomic mass is 10.4.